The molecule has 0 bridgehead atoms. The normalized spacial score (nSPS) is 17.5. The fourth-order valence-electron chi connectivity index (χ4n) is 3.43. The first kappa shape index (κ1) is 17.9. The lowest BCUT2D eigenvalue weighted by molar-refractivity contribution is 0.0845. The van der Waals surface area contributed by atoms with Crippen molar-refractivity contribution in [1.82, 2.24) is 4.90 Å². The molecule has 3 N–H and O–H groups in total. The summed E-state index contributed by atoms with van der Waals surface area (Å²) >= 11 is 0. The third-order valence-corrected chi connectivity index (χ3v) is 4.82. The summed E-state index contributed by atoms with van der Waals surface area (Å²) in [7, 11) is 0. The lowest BCUT2D eigenvalue weighted by Crippen LogP contribution is -2.37. The number of hydrogen-bond acceptors (Lipinski definition) is 4. The maximum atomic E-state index is 9.57. The van der Waals surface area contributed by atoms with Crippen LogP contribution in [-0.2, 0) is 13.2 Å². The Balaban J connectivity index is 1.73. The van der Waals surface area contributed by atoms with E-state index >= 15 is 0 Å². The van der Waals surface area contributed by atoms with Crippen molar-refractivity contribution >= 4 is 0 Å². The fourth-order valence-corrected chi connectivity index (χ4v) is 3.43. The van der Waals surface area contributed by atoms with Crippen LogP contribution in [0.25, 0.3) is 0 Å². The van der Waals surface area contributed by atoms with Gasteiger partial charge in [-0.05, 0) is 28.8 Å². The van der Waals surface area contributed by atoms with E-state index < -0.39 is 0 Å². The van der Waals surface area contributed by atoms with Gasteiger partial charge in [-0.25, -0.2) is 0 Å². The Kier molecular flexibility index (Phi) is 5.42. The molecule has 134 valence electrons. The zero-order chi connectivity index (χ0) is 17.9. The molecule has 1 aliphatic rings. The van der Waals surface area contributed by atoms with E-state index in [2.05, 4.69) is 43.0 Å². The minimum Gasteiger partial charge on any atom is -0.489 e. The van der Waals surface area contributed by atoms with Crippen LogP contribution in [0.4, 0.5) is 0 Å². The average Bonchev–Trinajstić information content (AvgIpc) is 2.96. The fraction of sp³-hybridized carbons (Fsp3) is 0.429. The van der Waals surface area contributed by atoms with Crippen LogP contribution in [-0.4, -0.2) is 29.7 Å². The quantitative estimate of drug-likeness (QED) is 0.813. The monoisotopic (exact) mass is 340 g/mol. The molecule has 0 aliphatic carbocycles. The SMILES string of the molecule is CC(C)(CO)CN1Cc2ccc(OCc3ccccc3)cc2C1CN. The highest BCUT2D eigenvalue weighted by Gasteiger charge is 2.33. The number of nitrogens with two attached hydrogens (primary N) is 1. The third kappa shape index (κ3) is 4.21. The minimum atomic E-state index is -0.137. The third-order valence-electron chi connectivity index (χ3n) is 4.82. The molecule has 4 heteroatoms. The molecular formula is C21H28N2O2. The van der Waals surface area contributed by atoms with Gasteiger partial charge in [0.1, 0.15) is 12.4 Å². The van der Waals surface area contributed by atoms with E-state index in [1.165, 1.54) is 11.1 Å². The lowest BCUT2D eigenvalue weighted by atomic mass is 9.93. The summed E-state index contributed by atoms with van der Waals surface area (Å²) < 4.78 is 5.97. The molecule has 1 aliphatic heterocycles. The van der Waals surface area contributed by atoms with E-state index in [-0.39, 0.29) is 18.1 Å². The molecule has 25 heavy (non-hydrogen) atoms. The van der Waals surface area contributed by atoms with Crippen molar-refractivity contribution in [3.05, 3.63) is 65.2 Å². The summed E-state index contributed by atoms with van der Waals surface area (Å²) in [6, 6.07) is 16.7. The molecule has 0 fully saturated rings. The van der Waals surface area contributed by atoms with E-state index in [0.29, 0.717) is 13.2 Å². The first-order valence-electron chi connectivity index (χ1n) is 8.87. The van der Waals surface area contributed by atoms with Crippen molar-refractivity contribution < 1.29 is 9.84 Å². The van der Waals surface area contributed by atoms with Gasteiger partial charge in [-0.2, -0.15) is 0 Å². The molecule has 1 unspecified atom stereocenters. The van der Waals surface area contributed by atoms with Gasteiger partial charge in [-0.3, -0.25) is 4.90 Å². The average molecular weight is 340 g/mol. The summed E-state index contributed by atoms with van der Waals surface area (Å²) in [4.78, 5) is 2.36. The van der Waals surface area contributed by atoms with Crippen LogP contribution < -0.4 is 10.5 Å². The van der Waals surface area contributed by atoms with Crippen LogP contribution in [0.5, 0.6) is 5.75 Å². The molecule has 0 radical (unpaired) electrons. The second-order valence-corrected chi connectivity index (χ2v) is 7.61. The standard InChI is InChI=1S/C21H28N2O2/c1-21(2,15-24)14-23-12-17-8-9-18(10-19(17)20(23)11-22)25-13-16-6-4-3-5-7-16/h3-10,20,24H,11-15,22H2,1-2H3. The van der Waals surface area contributed by atoms with Crippen molar-refractivity contribution in [3.8, 4) is 5.75 Å². The second-order valence-electron chi connectivity index (χ2n) is 7.61. The highest BCUT2D eigenvalue weighted by Crippen LogP contribution is 2.37. The Morgan fingerprint density at radius 2 is 1.96 bits per heavy atom. The van der Waals surface area contributed by atoms with Gasteiger partial charge in [0, 0.05) is 37.7 Å². The lowest BCUT2D eigenvalue weighted by Gasteiger charge is -2.32. The van der Waals surface area contributed by atoms with Gasteiger partial charge in [0.15, 0.2) is 0 Å². The smallest absolute Gasteiger partial charge is 0.120 e. The molecule has 4 nitrogen and oxygen atoms in total. The van der Waals surface area contributed by atoms with Gasteiger partial charge in [-0.15, -0.1) is 0 Å². The van der Waals surface area contributed by atoms with Crippen molar-refractivity contribution in [2.24, 2.45) is 11.1 Å². The summed E-state index contributed by atoms with van der Waals surface area (Å²) in [6.45, 7) is 7.16. The molecule has 0 saturated carbocycles. The summed E-state index contributed by atoms with van der Waals surface area (Å²) in [5, 5.41) is 9.57. The maximum absolute atomic E-state index is 9.57. The molecule has 2 aromatic carbocycles. The van der Waals surface area contributed by atoms with E-state index in [0.717, 1.165) is 24.4 Å². The van der Waals surface area contributed by atoms with Crippen LogP contribution in [0.15, 0.2) is 48.5 Å². The first-order chi connectivity index (χ1) is 12.0. The Morgan fingerprint density at radius 3 is 2.64 bits per heavy atom. The molecule has 2 aromatic rings. The highest BCUT2D eigenvalue weighted by molar-refractivity contribution is 5.41. The topological polar surface area (TPSA) is 58.7 Å². The largest absolute Gasteiger partial charge is 0.489 e. The number of rotatable bonds is 7. The van der Waals surface area contributed by atoms with Crippen molar-refractivity contribution in [1.29, 1.82) is 0 Å². The number of nitrogens with zero attached hydrogens (tertiary/aromatic N) is 1. The number of fused-ring (bicyclic) bond motifs is 1. The van der Waals surface area contributed by atoms with Gasteiger partial charge in [0.25, 0.3) is 0 Å². The summed E-state index contributed by atoms with van der Waals surface area (Å²) in [6.07, 6.45) is 0. The molecule has 1 heterocycles. The zero-order valence-corrected chi connectivity index (χ0v) is 15.1. The van der Waals surface area contributed by atoms with Crippen LogP contribution in [0.1, 0.15) is 36.6 Å². The number of benzene rings is 2. The summed E-state index contributed by atoms with van der Waals surface area (Å²) in [5.41, 5.74) is 9.64. The van der Waals surface area contributed by atoms with E-state index in [1.54, 1.807) is 0 Å². The summed E-state index contributed by atoms with van der Waals surface area (Å²) in [5.74, 6) is 0.879. The van der Waals surface area contributed by atoms with Gasteiger partial charge >= 0.3 is 0 Å². The zero-order valence-electron chi connectivity index (χ0n) is 15.1. The van der Waals surface area contributed by atoms with Crippen LogP contribution in [0.3, 0.4) is 0 Å². The molecule has 3 rings (SSSR count). The van der Waals surface area contributed by atoms with Gasteiger partial charge in [0.2, 0.25) is 0 Å². The van der Waals surface area contributed by atoms with Crippen molar-refractivity contribution in [2.45, 2.75) is 33.0 Å². The number of ether oxygens (including phenoxy) is 1. The Labute approximate surface area is 150 Å². The van der Waals surface area contributed by atoms with Crippen LogP contribution in [0, 0.1) is 5.41 Å². The second kappa shape index (κ2) is 7.56. The van der Waals surface area contributed by atoms with E-state index in [9.17, 15) is 5.11 Å². The van der Waals surface area contributed by atoms with Gasteiger partial charge in [-0.1, -0.05) is 50.2 Å². The van der Waals surface area contributed by atoms with Crippen LogP contribution in [0.2, 0.25) is 0 Å². The van der Waals surface area contributed by atoms with Crippen molar-refractivity contribution in [2.75, 3.05) is 19.7 Å². The van der Waals surface area contributed by atoms with Gasteiger partial charge in [0.05, 0.1) is 0 Å². The molecule has 0 saturated heterocycles. The molecule has 1 atom stereocenters. The number of aliphatic hydroxyl groups excluding tert-OH is 1. The van der Waals surface area contributed by atoms with Crippen molar-refractivity contribution in [3.63, 3.8) is 0 Å². The molecular weight excluding hydrogens is 312 g/mol. The highest BCUT2D eigenvalue weighted by atomic mass is 16.5. The molecule has 0 amide bonds. The first-order valence-corrected chi connectivity index (χ1v) is 8.87. The predicted molar refractivity (Wildman–Crippen MR) is 100 cm³/mol. The maximum Gasteiger partial charge on any atom is 0.120 e. The predicted octanol–water partition coefficient (Wildman–Crippen LogP) is 3.10. The number of aliphatic hydroxyl groups is 1. The van der Waals surface area contributed by atoms with E-state index in [1.807, 2.05) is 24.3 Å². The number of hydrogen-bond donors (Lipinski definition) is 2. The van der Waals surface area contributed by atoms with E-state index in [4.69, 9.17) is 10.5 Å². The Bertz CT molecular complexity index is 700. The minimum absolute atomic E-state index is 0.137. The molecule has 0 aromatic heterocycles. The molecule has 0 spiro atoms. The Hall–Kier alpha value is -1.88. The van der Waals surface area contributed by atoms with Crippen LogP contribution >= 0.6 is 0 Å². The van der Waals surface area contributed by atoms with Gasteiger partial charge < -0.3 is 15.6 Å². The Morgan fingerprint density at radius 1 is 1.20 bits per heavy atom.